The summed E-state index contributed by atoms with van der Waals surface area (Å²) in [5.74, 6) is 0. The second-order valence-electron chi connectivity index (χ2n) is 4.24. The lowest BCUT2D eigenvalue weighted by molar-refractivity contribution is 0.0650. The average molecular weight is 239 g/mol. The largest absolute Gasteiger partial charge is 0.379 e. The van der Waals surface area contributed by atoms with Gasteiger partial charge in [0.15, 0.2) is 0 Å². The Labute approximate surface area is 104 Å². The van der Waals surface area contributed by atoms with E-state index in [0.29, 0.717) is 0 Å². The van der Waals surface area contributed by atoms with Crippen LogP contribution < -0.4 is 5.32 Å². The van der Waals surface area contributed by atoms with Gasteiger partial charge in [-0.2, -0.15) is 5.10 Å². The summed E-state index contributed by atoms with van der Waals surface area (Å²) in [6.45, 7) is 8.33. The zero-order valence-electron chi connectivity index (χ0n) is 11.4. The predicted molar refractivity (Wildman–Crippen MR) is 70.0 cm³/mol. The zero-order valence-corrected chi connectivity index (χ0v) is 11.4. The highest BCUT2D eigenvalue weighted by Crippen LogP contribution is 2.20. The van der Waals surface area contributed by atoms with Crippen LogP contribution in [0.3, 0.4) is 0 Å². The van der Waals surface area contributed by atoms with Crippen LogP contribution in [0.1, 0.15) is 45.2 Å². The van der Waals surface area contributed by atoms with Gasteiger partial charge >= 0.3 is 0 Å². The standard InChI is InChI=1S/C13H25N3O/c1-5-8-14-13(12(6-2)17-4)11-9-15-16(7-3)10-11/h9-10,12-14H,5-8H2,1-4H3. The van der Waals surface area contributed by atoms with Crippen LogP contribution >= 0.6 is 0 Å². The molecule has 0 saturated heterocycles. The Balaban J connectivity index is 2.80. The highest BCUT2D eigenvalue weighted by Gasteiger charge is 2.22. The van der Waals surface area contributed by atoms with E-state index in [0.717, 1.165) is 25.9 Å². The smallest absolute Gasteiger partial charge is 0.0764 e. The Hall–Kier alpha value is -0.870. The van der Waals surface area contributed by atoms with E-state index in [-0.39, 0.29) is 12.1 Å². The predicted octanol–water partition coefficient (Wildman–Crippen LogP) is 2.37. The zero-order chi connectivity index (χ0) is 12.7. The van der Waals surface area contributed by atoms with Crippen LogP contribution in [0.4, 0.5) is 0 Å². The second-order valence-corrected chi connectivity index (χ2v) is 4.24. The number of ether oxygens (including phenoxy) is 1. The molecule has 0 aliphatic rings. The lowest BCUT2D eigenvalue weighted by atomic mass is 10.0. The SMILES string of the molecule is CCCNC(c1cnn(CC)c1)C(CC)OC. The van der Waals surface area contributed by atoms with Gasteiger partial charge in [0.1, 0.15) is 0 Å². The molecule has 0 amide bonds. The minimum atomic E-state index is 0.205. The molecule has 1 aromatic heterocycles. The molecule has 1 rings (SSSR count). The monoisotopic (exact) mass is 239 g/mol. The van der Waals surface area contributed by atoms with E-state index in [2.05, 4.69) is 37.4 Å². The van der Waals surface area contributed by atoms with Gasteiger partial charge in [-0.25, -0.2) is 0 Å². The third kappa shape index (κ3) is 3.82. The maximum Gasteiger partial charge on any atom is 0.0764 e. The van der Waals surface area contributed by atoms with Crippen molar-refractivity contribution in [3.8, 4) is 0 Å². The molecule has 1 N–H and O–H groups in total. The van der Waals surface area contributed by atoms with E-state index in [1.54, 1.807) is 7.11 Å². The number of hydrogen-bond donors (Lipinski definition) is 1. The van der Waals surface area contributed by atoms with Crippen LogP contribution in [0.5, 0.6) is 0 Å². The fourth-order valence-electron chi connectivity index (χ4n) is 2.02. The van der Waals surface area contributed by atoms with Crippen LogP contribution in [0.15, 0.2) is 12.4 Å². The highest BCUT2D eigenvalue weighted by molar-refractivity contribution is 5.12. The number of hydrogen-bond acceptors (Lipinski definition) is 3. The van der Waals surface area contributed by atoms with Crippen molar-refractivity contribution in [3.63, 3.8) is 0 Å². The van der Waals surface area contributed by atoms with Crippen LogP contribution in [0.2, 0.25) is 0 Å². The molecule has 0 spiro atoms. The van der Waals surface area contributed by atoms with E-state index in [9.17, 15) is 0 Å². The molecule has 0 aliphatic heterocycles. The van der Waals surface area contributed by atoms with Gasteiger partial charge in [-0.15, -0.1) is 0 Å². The van der Waals surface area contributed by atoms with Gasteiger partial charge in [-0.3, -0.25) is 4.68 Å². The topological polar surface area (TPSA) is 39.1 Å². The van der Waals surface area contributed by atoms with Gasteiger partial charge < -0.3 is 10.1 Å². The minimum Gasteiger partial charge on any atom is -0.379 e. The summed E-state index contributed by atoms with van der Waals surface area (Å²) in [6.07, 6.45) is 6.37. The molecule has 1 aromatic rings. The van der Waals surface area contributed by atoms with Gasteiger partial charge in [0, 0.05) is 25.4 Å². The van der Waals surface area contributed by atoms with Crippen LogP contribution in [-0.4, -0.2) is 29.5 Å². The first-order valence-electron chi connectivity index (χ1n) is 6.55. The molecular weight excluding hydrogens is 214 g/mol. The van der Waals surface area contributed by atoms with Crippen LogP contribution in [-0.2, 0) is 11.3 Å². The molecule has 17 heavy (non-hydrogen) atoms. The maximum absolute atomic E-state index is 5.56. The summed E-state index contributed by atoms with van der Waals surface area (Å²) in [5.41, 5.74) is 1.22. The fourth-order valence-corrected chi connectivity index (χ4v) is 2.02. The number of nitrogens with one attached hydrogen (secondary N) is 1. The highest BCUT2D eigenvalue weighted by atomic mass is 16.5. The summed E-state index contributed by atoms with van der Waals surface area (Å²) in [6, 6.07) is 0.241. The van der Waals surface area contributed by atoms with Gasteiger partial charge in [-0.1, -0.05) is 13.8 Å². The summed E-state index contributed by atoms with van der Waals surface area (Å²) in [5, 5.41) is 7.88. The van der Waals surface area contributed by atoms with Crippen molar-refractivity contribution in [2.75, 3.05) is 13.7 Å². The first kappa shape index (κ1) is 14.2. The summed E-state index contributed by atoms with van der Waals surface area (Å²) in [7, 11) is 1.78. The lowest BCUT2D eigenvalue weighted by Crippen LogP contribution is -2.33. The van der Waals surface area contributed by atoms with E-state index >= 15 is 0 Å². The normalized spacial score (nSPS) is 14.8. The molecule has 98 valence electrons. The Kier molecular flexibility index (Phi) is 6.22. The number of aromatic nitrogens is 2. The van der Waals surface area contributed by atoms with Gasteiger partial charge in [0.25, 0.3) is 0 Å². The van der Waals surface area contributed by atoms with E-state index < -0.39 is 0 Å². The Morgan fingerprint density at radius 2 is 2.18 bits per heavy atom. The van der Waals surface area contributed by atoms with Crippen molar-refractivity contribution in [1.29, 1.82) is 0 Å². The van der Waals surface area contributed by atoms with Crippen LogP contribution in [0, 0.1) is 0 Å². The van der Waals surface area contributed by atoms with Crippen molar-refractivity contribution in [3.05, 3.63) is 18.0 Å². The molecule has 2 atom stereocenters. The lowest BCUT2D eigenvalue weighted by Gasteiger charge is -2.25. The third-order valence-corrected chi connectivity index (χ3v) is 3.03. The molecule has 1 heterocycles. The molecular formula is C13H25N3O. The first-order chi connectivity index (χ1) is 8.26. The summed E-state index contributed by atoms with van der Waals surface area (Å²) >= 11 is 0. The molecule has 0 radical (unpaired) electrons. The Bertz CT molecular complexity index is 307. The molecule has 0 aliphatic carbocycles. The Morgan fingerprint density at radius 3 is 2.65 bits per heavy atom. The molecule has 0 saturated carbocycles. The first-order valence-corrected chi connectivity index (χ1v) is 6.55. The molecule has 0 fully saturated rings. The van der Waals surface area contributed by atoms with Crippen molar-refractivity contribution in [1.82, 2.24) is 15.1 Å². The number of nitrogens with zero attached hydrogens (tertiary/aromatic N) is 2. The van der Waals surface area contributed by atoms with E-state index in [1.807, 2.05) is 10.9 Å². The fraction of sp³-hybridized carbons (Fsp3) is 0.769. The van der Waals surface area contributed by atoms with E-state index in [1.165, 1.54) is 5.56 Å². The molecule has 0 bridgehead atoms. The minimum absolute atomic E-state index is 0.205. The summed E-state index contributed by atoms with van der Waals surface area (Å²) in [4.78, 5) is 0. The Morgan fingerprint density at radius 1 is 1.41 bits per heavy atom. The number of aryl methyl sites for hydroxylation is 1. The van der Waals surface area contributed by atoms with Crippen molar-refractivity contribution < 1.29 is 4.74 Å². The second kappa shape index (κ2) is 7.45. The maximum atomic E-state index is 5.56. The van der Waals surface area contributed by atoms with Gasteiger partial charge in [0.05, 0.1) is 18.3 Å². The molecule has 4 nitrogen and oxygen atoms in total. The molecule has 2 unspecified atom stereocenters. The quantitative estimate of drug-likeness (QED) is 0.757. The van der Waals surface area contributed by atoms with Crippen molar-refractivity contribution in [2.24, 2.45) is 0 Å². The van der Waals surface area contributed by atoms with Gasteiger partial charge in [0.2, 0.25) is 0 Å². The van der Waals surface area contributed by atoms with Gasteiger partial charge in [-0.05, 0) is 26.3 Å². The average Bonchev–Trinajstić information content (AvgIpc) is 2.83. The van der Waals surface area contributed by atoms with E-state index in [4.69, 9.17) is 4.74 Å². The molecule has 0 aromatic carbocycles. The van der Waals surface area contributed by atoms with Crippen molar-refractivity contribution >= 4 is 0 Å². The summed E-state index contributed by atoms with van der Waals surface area (Å²) < 4.78 is 7.51. The van der Waals surface area contributed by atoms with Crippen LogP contribution in [0.25, 0.3) is 0 Å². The number of rotatable bonds is 8. The third-order valence-electron chi connectivity index (χ3n) is 3.03. The molecule has 4 heteroatoms. The number of methoxy groups -OCH3 is 1. The van der Waals surface area contributed by atoms with Crippen molar-refractivity contribution in [2.45, 2.75) is 52.3 Å².